The highest BCUT2D eigenvalue weighted by molar-refractivity contribution is 5.26. The molecule has 7 unspecified atom stereocenters. The molecule has 166 valence electrons. The van der Waals surface area contributed by atoms with E-state index in [2.05, 4.69) is 26.8 Å². The van der Waals surface area contributed by atoms with Crippen LogP contribution in [-0.4, -0.2) is 21.9 Å². The van der Waals surface area contributed by atoms with Crippen molar-refractivity contribution in [3.63, 3.8) is 0 Å². The Kier molecular flexibility index (Phi) is 5.78. The Labute approximate surface area is 179 Å². The van der Waals surface area contributed by atoms with Crippen molar-refractivity contribution in [2.24, 2.45) is 40.4 Å². The predicted molar refractivity (Wildman–Crippen MR) is 121 cm³/mol. The van der Waals surface area contributed by atoms with Gasteiger partial charge in [-0.3, -0.25) is 0 Å². The van der Waals surface area contributed by atoms with E-state index in [9.17, 15) is 10.2 Å². The first-order chi connectivity index (χ1) is 13.5. The van der Waals surface area contributed by atoms with E-state index in [4.69, 9.17) is 0 Å². The first kappa shape index (κ1) is 21.9. The molecule has 0 radical (unpaired) electrons. The van der Waals surface area contributed by atoms with E-state index >= 15 is 0 Å². The lowest BCUT2D eigenvalue weighted by molar-refractivity contribution is -0.0399. The van der Waals surface area contributed by atoms with Crippen LogP contribution in [0, 0.1) is 40.4 Å². The van der Waals surface area contributed by atoms with Crippen LogP contribution in [0.5, 0.6) is 0 Å². The Morgan fingerprint density at radius 3 is 2.48 bits per heavy atom. The minimum Gasteiger partial charge on any atom is -0.392 e. The molecule has 2 N–H and O–H groups in total. The van der Waals surface area contributed by atoms with Crippen LogP contribution in [-0.2, 0) is 0 Å². The molecule has 2 nitrogen and oxygen atoms in total. The summed E-state index contributed by atoms with van der Waals surface area (Å²) in [5.74, 6) is 4.30. The van der Waals surface area contributed by atoms with E-state index < -0.39 is 5.60 Å². The van der Waals surface area contributed by atoms with Gasteiger partial charge in [-0.05, 0) is 107 Å². The maximum Gasteiger partial charge on any atom is 0.0628 e. The maximum atomic E-state index is 10.6. The lowest BCUT2D eigenvalue weighted by atomic mass is 9.49. The van der Waals surface area contributed by atoms with Crippen molar-refractivity contribution in [3.05, 3.63) is 11.6 Å². The van der Waals surface area contributed by atoms with Gasteiger partial charge in [0.25, 0.3) is 0 Å². The largest absolute Gasteiger partial charge is 0.392 e. The normalized spacial score (nSPS) is 43.9. The maximum absolute atomic E-state index is 10.6. The van der Waals surface area contributed by atoms with E-state index in [1.807, 2.05) is 13.8 Å². The monoisotopic (exact) mass is 402 g/mol. The van der Waals surface area contributed by atoms with Crippen molar-refractivity contribution in [1.82, 2.24) is 0 Å². The average molecular weight is 403 g/mol. The topological polar surface area (TPSA) is 40.5 Å². The summed E-state index contributed by atoms with van der Waals surface area (Å²) in [6.07, 6.45) is 16.3. The highest BCUT2D eigenvalue weighted by atomic mass is 16.3. The third-order valence-corrected chi connectivity index (χ3v) is 10.1. The molecular weight excluding hydrogens is 356 g/mol. The van der Waals surface area contributed by atoms with E-state index in [0.717, 1.165) is 42.4 Å². The van der Waals surface area contributed by atoms with Crippen LogP contribution in [0.2, 0.25) is 0 Å². The van der Waals surface area contributed by atoms with Crippen LogP contribution >= 0.6 is 0 Å². The Bertz CT molecular complexity index is 627. The molecule has 0 aliphatic heterocycles. The molecular formula is C27H46O2. The Morgan fingerprint density at radius 1 is 1.00 bits per heavy atom. The summed E-state index contributed by atoms with van der Waals surface area (Å²) >= 11 is 0. The zero-order chi connectivity index (χ0) is 21.0. The van der Waals surface area contributed by atoms with Crippen LogP contribution in [0.15, 0.2) is 11.6 Å². The molecule has 0 aromatic carbocycles. The summed E-state index contributed by atoms with van der Waals surface area (Å²) in [7, 11) is 0. The van der Waals surface area contributed by atoms with Crippen LogP contribution in [0.25, 0.3) is 0 Å². The number of rotatable bonds is 5. The summed E-state index contributed by atoms with van der Waals surface area (Å²) < 4.78 is 0. The molecule has 3 saturated carbocycles. The van der Waals surface area contributed by atoms with Gasteiger partial charge in [-0.2, -0.15) is 0 Å². The number of hydrogen-bond donors (Lipinski definition) is 2. The molecule has 29 heavy (non-hydrogen) atoms. The first-order valence-corrected chi connectivity index (χ1v) is 12.6. The van der Waals surface area contributed by atoms with Gasteiger partial charge in [0.1, 0.15) is 0 Å². The highest BCUT2D eigenvalue weighted by Crippen LogP contribution is 2.65. The van der Waals surface area contributed by atoms with Gasteiger partial charge in [0.2, 0.25) is 0 Å². The van der Waals surface area contributed by atoms with Crippen molar-refractivity contribution >= 4 is 0 Å². The van der Waals surface area contributed by atoms with Gasteiger partial charge in [0.05, 0.1) is 11.7 Å². The number of fused-ring (bicyclic) bond motifs is 5. The Balaban J connectivity index is 1.44. The number of aliphatic hydroxyl groups is 2. The zero-order valence-corrected chi connectivity index (χ0v) is 19.7. The van der Waals surface area contributed by atoms with E-state index in [1.165, 1.54) is 57.8 Å². The van der Waals surface area contributed by atoms with Gasteiger partial charge in [-0.15, -0.1) is 0 Å². The van der Waals surface area contributed by atoms with Gasteiger partial charge in [0, 0.05) is 5.41 Å². The molecule has 0 aromatic rings. The number of unbranched alkanes of at least 4 members (excludes halogenated alkanes) is 1. The van der Waals surface area contributed by atoms with Crippen molar-refractivity contribution in [2.45, 2.75) is 117 Å². The SMILES string of the molecule is CC(C)(O)CCCCC1CCC2C3CC=C4C(CCC(O)C4(C)C)C3CCC12C. The fraction of sp³-hybridized carbons (Fsp3) is 0.926. The lowest BCUT2D eigenvalue weighted by Gasteiger charge is -2.56. The fourth-order valence-electron chi connectivity index (χ4n) is 8.33. The lowest BCUT2D eigenvalue weighted by Crippen LogP contribution is -2.49. The molecule has 2 heteroatoms. The second-order valence-corrected chi connectivity index (χ2v) is 12.6. The smallest absolute Gasteiger partial charge is 0.0628 e. The number of aliphatic hydroxyl groups excluding tert-OH is 1. The Hall–Kier alpha value is -0.340. The molecule has 0 saturated heterocycles. The van der Waals surface area contributed by atoms with Crippen LogP contribution < -0.4 is 0 Å². The van der Waals surface area contributed by atoms with E-state index in [0.29, 0.717) is 5.41 Å². The van der Waals surface area contributed by atoms with Crippen LogP contribution in [0.1, 0.15) is 105 Å². The molecule has 4 aliphatic rings. The predicted octanol–water partition coefficient (Wildman–Crippen LogP) is 6.50. The average Bonchev–Trinajstić information content (AvgIpc) is 2.97. The molecule has 0 bridgehead atoms. The van der Waals surface area contributed by atoms with Gasteiger partial charge >= 0.3 is 0 Å². The Morgan fingerprint density at radius 2 is 1.76 bits per heavy atom. The third-order valence-electron chi connectivity index (χ3n) is 10.1. The van der Waals surface area contributed by atoms with Gasteiger partial charge in [-0.1, -0.05) is 45.3 Å². The van der Waals surface area contributed by atoms with Gasteiger partial charge in [-0.25, -0.2) is 0 Å². The molecule has 4 rings (SSSR count). The van der Waals surface area contributed by atoms with Crippen LogP contribution in [0.4, 0.5) is 0 Å². The molecule has 0 amide bonds. The number of allylic oxidation sites excluding steroid dienone is 1. The fourth-order valence-corrected chi connectivity index (χ4v) is 8.33. The number of hydrogen-bond acceptors (Lipinski definition) is 2. The molecule has 0 spiro atoms. The summed E-state index contributed by atoms with van der Waals surface area (Å²) in [6.45, 7) is 11.1. The van der Waals surface area contributed by atoms with Crippen molar-refractivity contribution in [2.75, 3.05) is 0 Å². The van der Waals surface area contributed by atoms with Crippen molar-refractivity contribution in [1.29, 1.82) is 0 Å². The summed E-state index contributed by atoms with van der Waals surface area (Å²) in [5, 5.41) is 20.6. The quantitative estimate of drug-likeness (QED) is 0.407. The summed E-state index contributed by atoms with van der Waals surface area (Å²) in [6, 6.07) is 0. The third kappa shape index (κ3) is 3.86. The molecule has 0 heterocycles. The standard InChI is InChI=1S/C27H46O2/c1-25(2,29)16-7-6-8-18-9-12-23-21-10-13-22-20(11-14-24(28)26(22,3)4)19(21)15-17-27(18,23)5/h13,18-21,23-24,28-29H,6-12,14-17H2,1-5H3. The van der Waals surface area contributed by atoms with Gasteiger partial charge in [0.15, 0.2) is 0 Å². The summed E-state index contributed by atoms with van der Waals surface area (Å²) in [5.41, 5.74) is 1.62. The first-order valence-electron chi connectivity index (χ1n) is 12.6. The molecule has 7 atom stereocenters. The van der Waals surface area contributed by atoms with Crippen LogP contribution in [0.3, 0.4) is 0 Å². The van der Waals surface area contributed by atoms with E-state index in [-0.39, 0.29) is 11.5 Å². The van der Waals surface area contributed by atoms with Gasteiger partial charge < -0.3 is 10.2 Å². The summed E-state index contributed by atoms with van der Waals surface area (Å²) in [4.78, 5) is 0. The van der Waals surface area contributed by atoms with Crippen molar-refractivity contribution in [3.8, 4) is 0 Å². The van der Waals surface area contributed by atoms with E-state index in [1.54, 1.807) is 5.57 Å². The molecule has 0 aromatic heterocycles. The molecule has 3 fully saturated rings. The molecule has 4 aliphatic carbocycles. The minimum atomic E-state index is -0.506. The second-order valence-electron chi connectivity index (χ2n) is 12.6. The highest BCUT2D eigenvalue weighted by Gasteiger charge is 2.56. The zero-order valence-electron chi connectivity index (χ0n) is 19.7. The van der Waals surface area contributed by atoms with Crippen molar-refractivity contribution < 1.29 is 10.2 Å². The second kappa shape index (κ2) is 7.66. The minimum absolute atomic E-state index is 0.0205.